The summed E-state index contributed by atoms with van der Waals surface area (Å²) in [6, 6.07) is 12.7. The van der Waals surface area contributed by atoms with Gasteiger partial charge in [-0.15, -0.1) is 0 Å². The molecule has 0 aliphatic heterocycles. The van der Waals surface area contributed by atoms with Crippen LogP contribution in [-0.2, 0) is 0 Å². The molecule has 0 heterocycles. The Balaban J connectivity index is 0.000000771. The smallest absolute Gasteiger partial charge is 0.168 e. The lowest BCUT2D eigenvalue weighted by Crippen LogP contribution is -1.90. The van der Waals surface area contributed by atoms with Gasteiger partial charge in [-0.05, 0) is 37.6 Å². The number of halogens is 1. The Morgan fingerprint density at radius 2 is 1.50 bits per heavy atom. The Labute approximate surface area is 108 Å². The normalized spacial score (nSPS) is 9.39. The van der Waals surface area contributed by atoms with Crippen LogP contribution in [0.2, 0.25) is 0 Å². The lowest BCUT2D eigenvalue weighted by molar-refractivity contribution is 0.440. The van der Waals surface area contributed by atoms with Gasteiger partial charge in [0.25, 0.3) is 0 Å². The van der Waals surface area contributed by atoms with Crippen molar-refractivity contribution in [3.05, 3.63) is 59.4 Å². The first-order valence-electron chi connectivity index (χ1n) is 6.16. The van der Waals surface area contributed by atoms with Crippen molar-refractivity contribution in [3.8, 4) is 11.5 Å². The summed E-state index contributed by atoms with van der Waals surface area (Å²) >= 11 is 0. The fourth-order valence-electron chi connectivity index (χ4n) is 1.43. The van der Waals surface area contributed by atoms with Gasteiger partial charge in [-0.3, -0.25) is 0 Å². The minimum Gasteiger partial charge on any atom is -0.454 e. The number of ether oxygens (including phenoxy) is 1. The molecule has 0 spiro atoms. The number of rotatable bonds is 2. The summed E-state index contributed by atoms with van der Waals surface area (Å²) in [5.74, 6) is 0.613. The van der Waals surface area contributed by atoms with Crippen LogP contribution in [-0.4, -0.2) is 0 Å². The molecule has 0 fully saturated rings. The lowest BCUT2D eigenvalue weighted by Gasteiger charge is -2.08. The van der Waals surface area contributed by atoms with Gasteiger partial charge < -0.3 is 4.74 Å². The van der Waals surface area contributed by atoms with E-state index in [9.17, 15) is 4.39 Å². The molecule has 0 radical (unpaired) electrons. The third-order valence-corrected chi connectivity index (χ3v) is 2.41. The van der Waals surface area contributed by atoms with Crippen molar-refractivity contribution in [2.75, 3.05) is 0 Å². The standard InChI is InChI=1S/C14H13FO.C2H6/c1-10-6-8-12(9-7-10)16-13-5-3-4-11(2)14(13)15;1-2/h3-9H,1-2H3;1-2H3. The molecule has 0 N–H and O–H groups in total. The summed E-state index contributed by atoms with van der Waals surface area (Å²) in [6.45, 7) is 7.72. The predicted molar refractivity (Wildman–Crippen MR) is 73.7 cm³/mol. The van der Waals surface area contributed by atoms with Crippen molar-refractivity contribution in [1.82, 2.24) is 0 Å². The zero-order valence-corrected chi connectivity index (χ0v) is 11.3. The van der Waals surface area contributed by atoms with Crippen molar-refractivity contribution < 1.29 is 9.13 Å². The van der Waals surface area contributed by atoms with Crippen LogP contribution in [0.4, 0.5) is 4.39 Å². The van der Waals surface area contributed by atoms with E-state index in [1.165, 1.54) is 0 Å². The first-order chi connectivity index (χ1) is 8.66. The Hall–Kier alpha value is -1.83. The predicted octanol–water partition coefficient (Wildman–Crippen LogP) is 5.26. The van der Waals surface area contributed by atoms with E-state index in [-0.39, 0.29) is 11.6 Å². The van der Waals surface area contributed by atoms with E-state index >= 15 is 0 Å². The molecule has 0 aromatic heterocycles. The molecule has 2 aromatic carbocycles. The van der Waals surface area contributed by atoms with E-state index in [4.69, 9.17) is 4.74 Å². The highest BCUT2D eigenvalue weighted by molar-refractivity contribution is 5.36. The monoisotopic (exact) mass is 246 g/mol. The van der Waals surface area contributed by atoms with E-state index in [1.807, 2.05) is 45.0 Å². The summed E-state index contributed by atoms with van der Waals surface area (Å²) in [4.78, 5) is 0. The van der Waals surface area contributed by atoms with Gasteiger partial charge in [0, 0.05) is 0 Å². The van der Waals surface area contributed by atoms with Crippen LogP contribution in [0, 0.1) is 19.7 Å². The van der Waals surface area contributed by atoms with Crippen LogP contribution in [0.25, 0.3) is 0 Å². The van der Waals surface area contributed by atoms with Gasteiger partial charge >= 0.3 is 0 Å². The highest BCUT2D eigenvalue weighted by Crippen LogP contribution is 2.26. The van der Waals surface area contributed by atoms with Crippen molar-refractivity contribution in [2.45, 2.75) is 27.7 Å². The summed E-state index contributed by atoms with van der Waals surface area (Å²) in [7, 11) is 0. The summed E-state index contributed by atoms with van der Waals surface area (Å²) in [5, 5.41) is 0. The summed E-state index contributed by atoms with van der Waals surface area (Å²) in [5.41, 5.74) is 1.74. The van der Waals surface area contributed by atoms with Gasteiger partial charge in [0.1, 0.15) is 5.75 Å². The van der Waals surface area contributed by atoms with E-state index in [2.05, 4.69) is 0 Å². The molecule has 0 aliphatic rings. The van der Waals surface area contributed by atoms with Gasteiger partial charge in [0.15, 0.2) is 11.6 Å². The third kappa shape index (κ3) is 3.59. The number of hydrogen-bond acceptors (Lipinski definition) is 1. The lowest BCUT2D eigenvalue weighted by atomic mass is 10.2. The molecule has 18 heavy (non-hydrogen) atoms. The molecule has 0 atom stereocenters. The fourth-order valence-corrected chi connectivity index (χ4v) is 1.43. The topological polar surface area (TPSA) is 9.23 Å². The number of benzene rings is 2. The Morgan fingerprint density at radius 3 is 2.11 bits per heavy atom. The second kappa shape index (κ2) is 6.80. The highest BCUT2D eigenvalue weighted by Gasteiger charge is 2.06. The molecule has 0 saturated heterocycles. The van der Waals surface area contributed by atoms with Gasteiger partial charge in [0.2, 0.25) is 0 Å². The van der Waals surface area contributed by atoms with E-state index in [1.54, 1.807) is 25.1 Å². The van der Waals surface area contributed by atoms with Crippen LogP contribution in [0.15, 0.2) is 42.5 Å². The van der Waals surface area contributed by atoms with Crippen molar-refractivity contribution in [2.24, 2.45) is 0 Å². The molecule has 1 nitrogen and oxygen atoms in total. The minimum absolute atomic E-state index is 0.267. The van der Waals surface area contributed by atoms with Crippen LogP contribution in [0.5, 0.6) is 11.5 Å². The second-order valence-corrected chi connectivity index (χ2v) is 3.80. The molecule has 0 amide bonds. The van der Waals surface area contributed by atoms with Gasteiger partial charge in [-0.1, -0.05) is 43.7 Å². The summed E-state index contributed by atoms with van der Waals surface area (Å²) < 4.78 is 19.1. The molecule has 96 valence electrons. The molecule has 2 rings (SSSR count). The SMILES string of the molecule is CC.Cc1ccc(Oc2cccc(C)c2F)cc1. The Bertz CT molecular complexity index is 489. The molecule has 0 saturated carbocycles. The quantitative estimate of drug-likeness (QED) is 0.702. The molecule has 0 unspecified atom stereocenters. The fraction of sp³-hybridized carbons (Fsp3) is 0.250. The van der Waals surface area contributed by atoms with E-state index in [0.29, 0.717) is 11.3 Å². The van der Waals surface area contributed by atoms with Crippen LogP contribution in [0.3, 0.4) is 0 Å². The van der Waals surface area contributed by atoms with Crippen LogP contribution >= 0.6 is 0 Å². The molecule has 0 bridgehead atoms. The maximum atomic E-state index is 13.6. The molecular formula is C16H19FO. The number of aryl methyl sites for hydroxylation is 2. The van der Waals surface area contributed by atoms with Crippen molar-refractivity contribution in [3.63, 3.8) is 0 Å². The largest absolute Gasteiger partial charge is 0.454 e. The third-order valence-electron chi connectivity index (χ3n) is 2.41. The number of hydrogen-bond donors (Lipinski definition) is 0. The van der Waals surface area contributed by atoms with Gasteiger partial charge in [0.05, 0.1) is 0 Å². The van der Waals surface area contributed by atoms with E-state index < -0.39 is 0 Å². The van der Waals surface area contributed by atoms with Crippen molar-refractivity contribution in [1.29, 1.82) is 0 Å². The molecule has 2 aromatic rings. The average molecular weight is 246 g/mol. The zero-order valence-electron chi connectivity index (χ0n) is 11.3. The maximum Gasteiger partial charge on any atom is 0.168 e. The first-order valence-corrected chi connectivity index (χ1v) is 6.16. The van der Waals surface area contributed by atoms with Gasteiger partial charge in [-0.25, -0.2) is 4.39 Å². The zero-order chi connectivity index (χ0) is 13.5. The van der Waals surface area contributed by atoms with E-state index in [0.717, 1.165) is 5.56 Å². The molecular weight excluding hydrogens is 227 g/mol. The first kappa shape index (κ1) is 14.2. The second-order valence-electron chi connectivity index (χ2n) is 3.80. The van der Waals surface area contributed by atoms with Crippen LogP contribution < -0.4 is 4.74 Å². The highest BCUT2D eigenvalue weighted by atomic mass is 19.1. The maximum absolute atomic E-state index is 13.6. The molecule has 0 aliphatic carbocycles. The molecule has 2 heteroatoms. The van der Waals surface area contributed by atoms with Crippen LogP contribution in [0.1, 0.15) is 25.0 Å². The Morgan fingerprint density at radius 1 is 0.889 bits per heavy atom. The minimum atomic E-state index is -0.303. The Kier molecular flexibility index (Phi) is 5.37. The average Bonchev–Trinajstić information content (AvgIpc) is 2.40. The summed E-state index contributed by atoms with van der Waals surface area (Å²) in [6.07, 6.45) is 0. The van der Waals surface area contributed by atoms with Gasteiger partial charge in [-0.2, -0.15) is 0 Å². The van der Waals surface area contributed by atoms with Crippen molar-refractivity contribution >= 4 is 0 Å².